The van der Waals surface area contributed by atoms with E-state index in [1.165, 1.54) is 38.5 Å². The lowest BCUT2D eigenvalue weighted by Gasteiger charge is -2.23. The van der Waals surface area contributed by atoms with Crippen molar-refractivity contribution >= 4 is 7.82 Å². The molecule has 0 radical (unpaired) electrons. The molecule has 0 bridgehead atoms. The molecule has 2 rings (SSSR count). The van der Waals surface area contributed by atoms with E-state index in [2.05, 4.69) is 16.4 Å². The van der Waals surface area contributed by atoms with Crippen LogP contribution in [0.1, 0.15) is 76.2 Å². The zero-order valence-electron chi connectivity index (χ0n) is 16.2. The molecule has 0 amide bonds. The number of unbranched alkanes of at least 4 members (excludes halogenated alkanes) is 1. The lowest BCUT2D eigenvalue weighted by molar-refractivity contribution is 0.154. The van der Waals surface area contributed by atoms with Crippen LogP contribution >= 0.6 is 7.82 Å². The van der Waals surface area contributed by atoms with Gasteiger partial charge in [0.25, 0.3) is 0 Å². The van der Waals surface area contributed by atoms with Crippen molar-refractivity contribution in [2.24, 2.45) is 11.7 Å². The largest absolute Gasteiger partial charge is 0.469 e. The van der Waals surface area contributed by atoms with E-state index < -0.39 is 13.4 Å². The van der Waals surface area contributed by atoms with Crippen LogP contribution in [0.5, 0.6) is 0 Å². The molecule has 7 heteroatoms. The van der Waals surface area contributed by atoms with Gasteiger partial charge in [-0.3, -0.25) is 4.52 Å². The van der Waals surface area contributed by atoms with Crippen LogP contribution < -0.4 is 5.73 Å². The van der Waals surface area contributed by atoms with Gasteiger partial charge in [0.05, 0.1) is 6.61 Å². The fraction of sp³-hybridized carbons (Fsp3) is 0.700. The Hall–Kier alpha value is -1.09. The van der Waals surface area contributed by atoms with Crippen molar-refractivity contribution in [1.29, 1.82) is 0 Å². The molecule has 1 aliphatic carbocycles. The summed E-state index contributed by atoms with van der Waals surface area (Å²) in [5.41, 5.74) is 5.17. The summed E-state index contributed by atoms with van der Waals surface area (Å²) in [5.74, 6) is 8.56. The van der Waals surface area contributed by atoms with Crippen LogP contribution in [0.3, 0.4) is 0 Å². The summed E-state index contributed by atoms with van der Waals surface area (Å²) >= 11 is 0. The number of furan rings is 1. The summed E-state index contributed by atoms with van der Waals surface area (Å²) in [6.45, 7) is 1.48. The number of hydrogen-bond donors (Lipinski definition) is 3. The molecule has 1 aromatic heterocycles. The van der Waals surface area contributed by atoms with Crippen LogP contribution in [0.25, 0.3) is 0 Å². The van der Waals surface area contributed by atoms with Crippen LogP contribution in [0.2, 0.25) is 0 Å². The molecule has 1 aliphatic rings. The maximum absolute atomic E-state index is 10.8. The van der Waals surface area contributed by atoms with E-state index in [4.69, 9.17) is 19.9 Å². The maximum atomic E-state index is 10.8. The fourth-order valence-corrected chi connectivity index (χ4v) is 3.86. The van der Waals surface area contributed by atoms with Crippen LogP contribution in [-0.4, -0.2) is 21.9 Å². The van der Waals surface area contributed by atoms with Crippen LogP contribution in [0.4, 0.5) is 0 Å². The van der Waals surface area contributed by atoms with E-state index in [0.29, 0.717) is 18.6 Å². The quantitative estimate of drug-likeness (QED) is 0.328. The molecular formula is C20H32NO5P. The second-order valence-corrected chi connectivity index (χ2v) is 9.12. The molecule has 4 N–H and O–H groups in total. The normalized spacial score (nSPS) is 17.9. The van der Waals surface area contributed by atoms with Crippen molar-refractivity contribution in [3.05, 3.63) is 23.7 Å². The number of phosphoric ester groups is 1. The molecule has 0 spiro atoms. The van der Waals surface area contributed by atoms with Gasteiger partial charge in [-0.05, 0) is 50.2 Å². The van der Waals surface area contributed by atoms with Gasteiger partial charge in [0, 0.05) is 18.4 Å². The van der Waals surface area contributed by atoms with Crippen LogP contribution in [-0.2, 0) is 15.5 Å². The third-order valence-corrected chi connectivity index (χ3v) is 5.48. The molecule has 152 valence electrons. The third kappa shape index (κ3) is 9.60. The predicted molar refractivity (Wildman–Crippen MR) is 105 cm³/mol. The van der Waals surface area contributed by atoms with E-state index >= 15 is 0 Å². The van der Waals surface area contributed by atoms with Crippen molar-refractivity contribution in [3.8, 4) is 11.8 Å². The van der Waals surface area contributed by atoms with E-state index in [-0.39, 0.29) is 6.61 Å². The van der Waals surface area contributed by atoms with Crippen molar-refractivity contribution < 1.29 is 23.3 Å². The minimum atomic E-state index is -4.50. The predicted octanol–water partition coefficient (Wildman–Crippen LogP) is 4.14. The summed E-state index contributed by atoms with van der Waals surface area (Å²) < 4.78 is 21.0. The summed E-state index contributed by atoms with van der Waals surface area (Å²) in [6, 6.07) is 3.72. The Morgan fingerprint density at radius 3 is 2.78 bits per heavy atom. The van der Waals surface area contributed by atoms with Gasteiger partial charge in [0.15, 0.2) is 5.76 Å². The van der Waals surface area contributed by atoms with Crippen molar-refractivity contribution in [3.63, 3.8) is 0 Å². The molecule has 0 aliphatic heterocycles. The first-order valence-corrected chi connectivity index (χ1v) is 11.3. The van der Waals surface area contributed by atoms with Gasteiger partial charge in [0.1, 0.15) is 5.76 Å². The summed E-state index contributed by atoms with van der Waals surface area (Å²) in [6.07, 6.45) is 11.3. The number of aryl methyl sites for hydroxylation is 1. The molecule has 27 heavy (non-hydrogen) atoms. The Bertz CT molecular complexity index is 676. The highest BCUT2D eigenvalue weighted by molar-refractivity contribution is 7.46. The molecule has 1 fully saturated rings. The minimum absolute atomic E-state index is 0.217. The van der Waals surface area contributed by atoms with Gasteiger partial charge < -0.3 is 19.9 Å². The molecule has 1 atom stereocenters. The highest BCUT2D eigenvalue weighted by Crippen LogP contribution is 2.36. The monoisotopic (exact) mass is 397 g/mol. The molecule has 1 heterocycles. The molecule has 0 saturated heterocycles. The molecular weight excluding hydrogens is 365 g/mol. The van der Waals surface area contributed by atoms with Crippen LogP contribution in [0.15, 0.2) is 16.5 Å². The van der Waals surface area contributed by atoms with E-state index in [1.807, 2.05) is 12.1 Å². The van der Waals surface area contributed by atoms with Gasteiger partial charge in [-0.2, -0.15) is 0 Å². The van der Waals surface area contributed by atoms with Gasteiger partial charge in [-0.15, -0.1) is 0 Å². The number of rotatable bonds is 9. The van der Waals surface area contributed by atoms with Crippen molar-refractivity contribution in [1.82, 2.24) is 0 Å². The molecule has 0 aromatic carbocycles. The Kier molecular flexibility index (Phi) is 8.60. The Labute approximate surface area is 162 Å². The van der Waals surface area contributed by atoms with Crippen LogP contribution in [0, 0.1) is 17.8 Å². The van der Waals surface area contributed by atoms with E-state index in [9.17, 15) is 4.57 Å². The summed E-state index contributed by atoms with van der Waals surface area (Å²) in [4.78, 5) is 17.5. The van der Waals surface area contributed by atoms with Gasteiger partial charge in [-0.1, -0.05) is 38.0 Å². The average molecular weight is 397 g/mol. The average Bonchev–Trinajstić information content (AvgIpc) is 3.07. The van der Waals surface area contributed by atoms with Crippen molar-refractivity contribution in [2.75, 3.05) is 6.61 Å². The smallest absolute Gasteiger partial charge is 0.453 e. The Balaban J connectivity index is 1.69. The standard InChI is InChI=1S/C20H32NO5P/c1-20(21,16-25-27(22,23)24)15-14-19-13-12-18(26-19)11-7-3-6-10-17-8-4-2-5-9-17/h12-13,17H,2-6,8-10,14-16,21H2,1H3,(H2,22,23,24). The zero-order chi connectivity index (χ0) is 19.8. The Morgan fingerprint density at radius 2 is 2.07 bits per heavy atom. The first-order chi connectivity index (χ1) is 12.7. The first-order valence-electron chi connectivity index (χ1n) is 9.80. The maximum Gasteiger partial charge on any atom is 0.469 e. The zero-order valence-corrected chi connectivity index (χ0v) is 17.0. The second kappa shape index (κ2) is 10.5. The van der Waals surface area contributed by atoms with Gasteiger partial charge >= 0.3 is 7.82 Å². The second-order valence-electron chi connectivity index (χ2n) is 7.88. The minimum Gasteiger partial charge on any atom is -0.453 e. The third-order valence-electron chi connectivity index (χ3n) is 5.02. The molecule has 1 saturated carbocycles. The molecule has 1 aromatic rings. The number of nitrogens with two attached hydrogens (primary N) is 1. The Morgan fingerprint density at radius 1 is 1.33 bits per heavy atom. The summed E-state index contributed by atoms with van der Waals surface area (Å²) in [7, 11) is -4.50. The lowest BCUT2D eigenvalue weighted by atomic mass is 9.86. The van der Waals surface area contributed by atoms with Gasteiger partial charge in [0.2, 0.25) is 0 Å². The first kappa shape index (κ1) is 22.2. The lowest BCUT2D eigenvalue weighted by Crippen LogP contribution is -2.41. The highest BCUT2D eigenvalue weighted by Gasteiger charge is 2.24. The summed E-state index contributed by atoms with van der Waals surface area (Å²) in [5, 5.41) is 0. The number of phosphoric acid groups is 1. The van der Waals surface area contributed by atoms with Gasteiger partial charge in [-0.25, -0.2) is 4.57 Å². The fourth-order valence-electron chi connectivity index (χ4n) is 3.40. The molecule has 6 nitrogen and oxygen atoms in total. The van der Waals surface area contributed by atoms with E-state index in [1.54, 1.807) is 6.92 Å². The SMILES string of the molecule is CC(N)(CCc1ccc(C#CCCCC2CCCCC2)o1)COP(=O)(O)O. The van der Waals surface area contributed by atoms with E-state index in [0.717, 1.165) is 24.5 Å². The van der Waals surface area contributed by atoms with Crippen molar-refractivity contribution in [2.45, 2.75) is 76.7 Å². The number of hydrogen-bond acceptors (Lipinski definition) is 4. The topological polar surface area (TPSA) is 106 Å². The molecule has 1 unspecified atom stereocenters. The highest BCUT2D eigenvalue weighted by atomic mass is 31.2.